The van der Waals surface area contributed by atoms with Crippen molar-refractivity contribution in [1.29, 1.82) is 0 Å². The molecule has 2 rings (SSSR count). The number of nitrogens with zero attached hydrogens (tertiary/aromatic N) is 2. The molecule has 0 aromatic carbocycles. The van der Waals surface area contributed by atoms with E-state index in [4.69, 9.17) is 0 Å². The number of alkyl halides is 3. The molecule has 0 unspecified atom stereocenters. The first-order valence-electron chi connectivity index (χ1n) is 5.79. The molecule has 0 spiro atoms. The summed E-state index contributed by atoms with van der Waals surface area (Å²) in [4.78, 5) is 15.2. The third-order valence-corrected chi connectivity index (χ3v) is 2.82. The van der Waals surface area contributed by atoms with E-state index in [0.717, 1.165) is 12.8 Å². The van der Waals surface area contributed by atoms with E-state index >= 15 is 0 Å². The first-order valence-corrected chi connectivity index (χ1v) is 5.79. The number of carbonyl (C=O) groups is 1. The van der Waals surface area contributed by atoms with Crippen molar-refractivity contribution >= 4 is 5.97 Å². The minimum atomic E-state index is -4.63. The topological polar surface area (TPSA) is 44.1 Å². The van der Waals surface area contributed by atoms with Gasteiger partial charge in [0, 0.05) is 13.0 Å². The number of aryl methyl sites for hydroxylation is 1. The van der Waals surface area contributed by atoms with Gasteiger partial charge in [0.15, 0.2) is 11.4 Å². The van der Waals surface area contributed by atoms with Gasteiger partial charge < -0.3 is 9.30 Å². The molecular formula is C11H13F3N2O2. The standard InChI is InChI=1S/C11H13F3N2O2/c1-2-18-10(17)8-9(11(12,13)14)15-7-5-3-4-6-16(7)8/h2-6H2,1H3. The minimum absolute atomic E-state index is 0.0383. The Morgan fingerprint density at radius 2 is 2.17 bits per heavy atom. The van der Waals surface area contributed by atoms with Crippen molar-refractivity contribution in [3.8, 4) is 0 Å². The van der Waals surface area contributed by atoms with E-state index in [1.165, 1.54) is 4.57 Å². The van der Waals surface area contributed by atoms with Gasteiger partial charge in [-0.2, -0.15) is 13.2 Å². The number of carbonyl (C=O) groups excluding carboxylic acids is 1. The van der Waals surface area contributed by atoms with Gasteiger partial charge in [-0.05, 0) is 19.8 Å². The Labute approximate surface area is 102 Å². The van der Waals surface area contributed by atoms with Crippen LogP contribution in [0.2, 0.25) is 0 Å². The van der Waals surface area contributed by atoms with Crippen LogP contribution < -0.4 is 0 Å². The molecule has 0 saturated heterocycles. The lowest BCUT2D eigenvalue weighted by Gasteiger charge is -2.15. The van der Waals surface area contributed by atoms with Gasteiger partial charge in [0.1, 0.15) is 5.82 Å². The third kappa shape index (κ3) is 2.21. The van der Waals surface area contributed by atoms with Gasteiger partial charge in [0.25, 0.3) is 0 Å². The molecule has 7 heteroatoms. The zero-order chi connectivity index (χ0) is 13.3. The van der Waals surface area contributed by atoms with Gasteiger partial charge in [-0.3, -0.25) is 0 Å². The zero-order valence-corrected chi connectivity index (χ0v) is 9.88. The Morgan fingerprint density at radius 1 is 1.44 bits per heavy atom. The summed E-state index contributed by atoms with van der Waals surface area (Å²) in [6.07, 6.45) is -2.64. The Kier molecular flexibility index (Phi) is 3.32. The lowest BCUT2D eigenvalue weighted by molar-refractivity contribution is -0.141. The van der Waals surface area contributed by atoms with Crippen LogP contribution in [0.15, 0.2) is 0 Å². The molecule has 0 amide bonds. The van der Waals surface area contributed by atoms with Crippen LogP contribution in [0.3, 0.4) is 0 Å². The Balaban J connectivity index is 2.52. The van der Waals surface area contributed by atoms with Gasteiger partial charge in [-0.15, -0.1) is 0 Å². The summed E-state index contributed by atoms with van der Waals surface area (Å²) < 4.78 is 44.6. The highest BCUT2D eigenvalue weighted by atomic mass is 19.4. The summed E-state index contributed by atoms with van der Waals surface area (Å²) in [6, 6.07) is 0. The van der Waals surface area contributed by atoms with E-state index in [-0.39, 0.29) is 6.61 Å². The average Bonchev–Trinajstić information content (AvgIpc) is 2.68. The molecule has 2 heterocycles. The fourth-order valence-corrected chi connectivity index (χ4v) is 2.09. The van der Waals surface area contributed by atoms with E-state index in [2.05, 4.69) is 9.72 Å². The van der Waals surface area contributed by atoms with Crippen molar-refractivity contribution < 1.29 is 22.7 Å². The molecule has 0 bridgehead atoms. The average molecular weight is 262 g/mol. The Hall–Kier alpha value is -1.53. The summed E-state index contributed by atoms with van der Waals surface area (Å²) in [5, 5.41) is 0. The first kappa shape index (κ1) is 12.9. The number of halogens is 3. The highest BCUT2D eigenvalue weighted by Gasteiger charge is 2.42. The van der Waals surface area contributed by atoms with Crippen molar-refractivity contribution in [2.24, 2.45) is 0 Å². The maximum atomic E-state index is 12.9. The number of hydrogen-bond donors (Lipinski definition) is 0. The maximum absolute atomic E-state index is 12.9. The lowest BCUT2D eigenvalue weighted by Crippen LogP contribution is -2.20. The SMILES string of the molecule is CCOC(=O)c1c(C(F)(F)F)nc2n1CCCC2. The molecule has 1 aromatic heterocycles. The molecule has 0 aliphatic carbocycles. The van der Waals surface area contributed by atoms with Gasteiger partial charge in [0.2, 0.25) is 0 Å². The number of imidazole rings is 1. The van der Waals surface area contributed by atoms with E-state index in [1.807, 2.05) is 0 Å². The monoisotopic (exact) mass is 262 g/mol. The van der Waals surface area contributed by atoms with Crippen LogP contribution in [-0.2, 0) is 23.9 Å². The second-order valence-electron chi connectivity index (χ2n) is 4.05. The highest BCUT2D eigenvalue weighted by Crippen LogP contribution is 2.33. The second-order valence-corrected chi connectivity index (χ2v) is 4.05. The third-order valence-electron chi connectivity index (χ3n) is 2.82. The van der Waals surface area contributed by atoms with Gasteiger partial charge in [0.05, 0.1) is 6.61 Å². The zero-order valence-electron chi connectivity index (χ0n) is 9.88. The summed E-state index contributed by atoms with van der Waals surface area (Å²) >= 11 is 0. The fourth-order valence-electron chi connectivity index (χ4n) is 2.09. The summed E-state index contributed by atoms with van der Waals surface area (Å²) in [5.41, 5.74) is -1.59. The smallest absolute Gasteiger partial charge is 0.435 e. The molecule has 0 atom stereocenters. The maximum Gasteiger partial charge on any atom is 0.435 e. The van der Waals surface area contributed by atoms with E-state index in [0.29, 0.717) is 18.8 Å². The molecule has 100 valence electrons. The molecule has 4 nitrogen and oxygen atoms in total. The van der Waals surface area contributed by atoms with Crippen LogP contribution in [0.1, 0.15) is 41.8 Å². The van der Waals surface area contributed by atoms with Crippen molar-refractivity contribution in [3.05, 3.63) is 17.2 Å². The highest BCUT2D eigenvalue weighted by molar-refractivity contribution is 5.89. The number of esters is 1. The summed E-state index contributed by atoms with van der Waals surface area (Å²) in [7, 11) is 0. The van der Waals surface area contributed by atoms with Crippen LogP contribution in [-0.4, -0.2) is 22.1 Å². The first-order chi connectivity index (χ1) is 8.45. The van der Waals surface area contributed by atoms with Crippen molar-refractivity contribution in [1.82, 2.24) is 9.55 Å². The van der Waals surface area contributed by atoms with Crippen LogP contribution in [0.25, 0.3) is 0 Å². The predicted octanol–water partition coefficient (Wildman–Crippen LogP) is 2.41. The number of aromatic nitrogens is 2. The molecule has 18 heavy (non-hydrogen) atoms. The van der Waals surface area contributed by atoms with Crippen molar-refractivity contribution in [2.75, 3.05) is 6.61 Å². The van der Waals surface area contributed by atoms with E-state index in [9.17, 15) is 18.0 Å². The molecular weight excluding hydrogens is 249 g/mol. The van der Waals surface area contributed by atoms with Gasteiger partial charge in [-0.25, -0.2) is 9.78 Å². The number of ether oxygens (including phenoxy) is 1. The summed E-state index contributed by atoms with van der Waals surface area (Å²) in [6.45, 7) is 1.97. The normalized spacial score (nSPS) is 15.3. The molecule has 0 fully saturated rings. The molecule has 1 aromatic rings. The van der Waals surface area contributed by atoms with Gasteiger partial charge in [-0.1, -0.05) is 0 Å². The van der Waals surface area contributed by atoms with E-state index in [1.54, 1.807) is 6.92 Å². The Morgan fingerprint density at radius 3 is 2.78 bits per heavy atom. The lowest BCUT2D eigenvalue weighted by atomic mass is 10.1. The fraction of sp³-hybridized carbons (Fsp3) is 0.636. The number of hydrogen-bond acceptors (Lipinski definition) is 3. The molecule has 0 saturated carbocycles. The van der Waals surface area contributed by atoms with Crippen molar-refractivity contribution in [3.63, 3.8) is 0 Å². The predicted molar refractivity (Wildman–Crippen MR) is 56.1 cm³/mol. The second kappa shape index (κ2) is 4.62. The largest absolute Gasteiger partial charge is 0.461 e. The van der Waals surface area contributed by atoms with Crippen LogP contribution >= 0.6 is 0 Å². The van der Waals surface area contributed by atoms with Gasteiger partial charge >= 0.3 is 12.1 Å². The molecule has 1 aliphatic rings. The van der Waals surface area contributed by atoms with Crippen LogP contribution in [0.4, 0.5) is 13.2 Å². The molecule has 1 aliphatic heterocycles. The van der Waals surface area contributed by atoms with Crippen molar-refractivity contribution in [2.45, 2.75) is 38.9 Å². The minimum Gasteiger partial charge on any atom is -0.461 e. The van der Waals surface area contributed by atoms with Crippen LogP contribution in [0, 0.1) is 0 Å². The Bertz CT molecular complexity index is 466. The van der Waals surface area contributed by atoms with E-state index < -0.39 is 23.5 Å². The molecule has 0 radical (unpaired) electrons. The number of rotatable bonds is 2. The summed E-state index contributed by atoms with van der Waals surface area (Å²) in [5.74, 6) is -0.637. The van der Waals surface area contributed by atoms with Crippen LogP contribution in [0.5, 0.6) is 0 Å². The quantitative estimate of drug-likeness (QED) is 0.769. The number of fused-ring (bicyclic) bond motifs is 1. The molecule has 0 N–H and O–H groups in total.